The Bertz CT molecular complexity index is 719. The van der Waals surface area contributed by atoms with Crippen molar-refractivity contribution in [3.8, 4) is 17.6 Å². The number of rotatable bonds is 5. The predicted octanol–water partition coefficient (Wildman–Crippen LogP) is 1.97. The summed E-state index contributed by atoms with van der Waals surface area (Å²) >= 11 is 0. The van der Waals surface area contributed by atoms with Crippen molar-refractivity contribution in [1.82, 2.24) is 9.97 Å². The number of ether oxygens (including phenoxy) is 3. The first-order chi connectivity index (χ1) is 10.5. The average molecular weight is 305 g/mol. The first kappa shape index (κ1) is 15.2. The number of nitro benzene ring substituents is 1. The monoisotopic (exact) mass is 305 g/mol. The summed E-state index contributed by atoms with van der Waals surface area (Å²) in [6, 6.07) is 4.94. The van der Waals surface area contributed by atoms with E-state index in [0.29, 0.717) is 0 Å². The highest BCUT2D eigenvalue weighted by atomic mass is 16.6. The molecule has 0 bridgehead atoms. The smallest absolute Gasteiger partial charge is 0.337 e. The molecular weight excluding hydrogens is 294 g/mol. The number of aromatic nitrogens is 2. The highest BCUT2D eigenvalue weighted by Crippen LogP contribution is 2.31. The van der Waals surface area contributed by atoms with Crippen molar-refractivity contribution in [2.24, 2.45) is 0 Å². The minimum atomic E-state index is -0.647. The minimum Gasteiger partial charge on any atom is -0.481 e. The van der Waals surface area contributed by atoms with Crippen LogP contribution in [0.25, 0.3) is 0 Å². The van der Waals surface area contributed by atoms with Crippen molar-refractivity contribution in [3.05, 3.63) is 46.1 Å². The van der Waals surface area contributed by atoms with Gasteiger partial charge in [-0.15, -0.1) is 0 Å². The molecule has 9 nitrogen and oxygen atoms in total. The third-order valence-electron chi connectivity index (χ3n) is 2.60. The zero-order valence-electron chi connectivity index (χ0n) is 11.7. The topological polar surface area (TPSA) is 114 Å². The Morgan fingerprint density at radius 2 is 2.05 bits per heavy atom. The maximum Gasteiger partial charge on any atom is 0.337 e. The summed E-state index contributed by atoms with van der Waals surface area (Å²) in [5.74, 6) is -0.593. The Kier molecular flexibility index (Phi) is 4.47. The van der Waals surface area contributed by atoms with Crippen LogP contribution in [0, 0.1) is 10.1 Å². The molecule has 114 valence electrons. The van der Waals surface area contributed by atoms with Crippen LogP contribution in [-0.4, -0.2) is 35.1 Å². The number of hydrogen-bond donors (Lipinski definition) is 0. The van der Waals surface area contributed by atoms with E-state index in [1.165, 1.54) is 38.6 Å². The van der Waals surface area contributed by atoms with Gasteiger partial charge in [0.1, 0.15) is 0 Å². The molecule has 0 amide bonds. The summed E-state index contributed by atoms with van der Waals surface area (Å²) in [5.41, 5.74) is -0.231. The van der Waals surface area contributed by atoms with Crippen molar-refractivity contribution in [1.29, 1.82) is 0 Å². The lowest BCUT2D eigenvalue weighted by molar-refractivity contribution is -0.385. The maximum absolute atomic E-state index is 11.5. The van der Waals surface area contributed by atoms with Crippen molar-refractivity contribution in [2.45, 2.75) is 0 Å². The van der Waals surface area contributed by atoms with Gasteiger partial charge in [-0.3, -0.25) is 10.1 Å². The quantitative estimate of drug-likeness (QED) is 0.468. The van der Waals surface area contributed by atoms with Gasteiger partial charge in [0.15, 0.2) is 0 Å². The maximum atomic E-state index is 11.5. The lowest BCUT2D eigenvalue weighted by Gasteiger charge is -2.07. The lowest BCUT2D eigenvalue weighted by Crippen LogP contribution is -2.03. The second-order valence-electron chi connectivity index (χ2n) is 3.91. The van der Waals surface area contributed by atoms with E-state index < -0.39 is 10.9 Å². The van der Waals surface area contributed by atoms with Crippen LogP contribution in [0.5, 0.6) is 17.6 Å². The number of nitro groups is 1. The predicted molar refractivity (Wildman–Crippen MR) is 73.1 cm³/mol. The van der Waals surface area contributed by atoms with Crippen molar-refractivity contribution in [2.75, 3.05) is 14.2 Å². The van der Waals surface area contributed by atoms with Gasteiger partial charge in [0.25, 0.3) is 0 Å². The standard InChI is InChI=1S/C13H11N3O6/c1-20-11-5-6-14-13(15-11)22-10-7-8(12(17)21-2)3-4-9(10)16(18)19/h3-7H,1-2H3. The molecule has 2 rings (SSSR count). The van der Waals surface area contributed by atoms with Crippen LogP contribution in [0.1, 0.15) is 10.4 Å². The zero-order chi connectivity index (χ0) is 16.1. The van der Waals surface area contributed by atoms with Gasteiger partial charge in [-0.25, -0.2) is 9.78 Å². The van der Waals surface area contributed by atoms with E-state index in [0.717, 1.165) is 6.07 Å². The summed E-state index contributed by atoms with van der Waals surface area (Å²) in [4.78, 5) is 29.6. The summed E-state index contributed by atoms with van der Waals surface area (Å²) in [6.07, 6.45) is 1.37. The molecular formula is C13H11N3O6. The fourth-order valence-electron chi connectivity index (χ4n) is 1.58. The second kappa shape index (κ2) is 6.48. The first-order valence-electron chi connectivity index (χ1n) is 5.96. The van der Waals surface area contributed by atoms with Gasteiger partial charge in [0.05, 0.1) is 24.7 Å². The third kappa shape index (κ3) is 3.26. The SMILES string of the molecule is COC(=O)c1ccc([N+](=O)[O-])c(Oc2nccc(OC)n2)c1. The van der Waals surface area contributed by atoms with Crippen LogP contribution >= 0.6 is 0 Å². The fourth-order valence-corrected chi connectivity index (χ4v) is 1.58. The molecule has 0 aliphatic carbocycles. The molecule has 1 heterocycles. The Labute approximate surface area is 124 Å². The van der Waals surface area contributed by atoms with Gasteiger partial charge in [-0.05, 0) is 6.07 Å². The number of carbonyl (C=O) groups is 1. The van der Waals surface area contributed by atoms with Gasteiger partial charge in [0.2, 0.25) is 11.6 Å². The van der Waals surface area contributed by atoms with E-state index in [-0.39, 0.29) is 28.9 Å². The van der Waals surface area contributed by atoms with E-state index in [4.69, 9.17) is 9.47 Å². The van der Waals surface area contributed by atoms with Crippen LogP contribution in [0.2, 0.25) is 0 Å². The molecule has 0 atom stereocenters. The third-order valence-corrected chi connectivity index (χ3v) is 2.60. The number of methoxy groups -OCH3 is 2. The molecule has 0 radical (unpaired) electrons. The zero-order valence-corrected chi connectivity index (χ0v) is 11.7. The molecule has 0 saturated heterocycles. The Morgan fingerprint density at radius 1 is 1.27 bits per heavy atom. The van der Waals surface area contributed by atoms with Crippen LogP contribution in [-0.2, 0) is 4.74 Å². The normalized spacial score (nSPS) is 9.91. The number of esters is 1. The Hall–Kier alpha value is -3.23. The molecule has 0 spiro atoms. The van der Waals surface area contributed by atoms with E-state index in [9.17, 15) is 14.9 Å². The molecule has 0 N–H and O–H groups in total. The minimum absolute atomic E-state index is 0.103. The van der Waals surface area contributed by atoms with Gasteiger partial charge >= 0.3 is 17.7 Å². The molecule has 0 saturated carbocycles. The van der Waals surface area contributed by atoms with Crippen molar-refractivity contribution < 1.29 is 23.9 Å². The summed E-state index contributed by atoms with van der Waals surface area (Å²) < 4.78 is 14.8. The van der Waals surface area contributed by atoms with E-state index in [2.05, 4.69) is 14.7 Å². The number of nitrogens with zero attached hydrogens (tertiary/aromatic N) is 3. The summed E-state index contributed by atoms with van der Waals surface area (Å²) in [5, 5.41) is 11.0. The van der Waals surface area contributed by atoms with Gasteiger partial charge in [0, 0.05) is 24.4 Å². The van der Waals surface area contributed by atoms with E-state index in [1.807, 2.05) is 0 Å². The number of hydrogen-bond acceptors (Lipinski definition) is 8. The van der Waals surface area contributed by atoms with Crippen molar-refractivity contribution >= 4 is 11.7 Å². The van der Waals surface area contributed by atoms with E-state index in [1.54, 1.807) is 0 Å². The molecule has 0 aliphatic heterocycles. The summed E-state index contributed by atoms with van der Waals surface area (Å²) in [6.45, 7) is 0. The number of carbonyl (C=O) groups excluding carboxylic acids is 1. The largest absolute Gasteiger partial charge is 0.481 e. The first-order valence-corrected chi connectivity index (χ1v) is 5.96. The molecule has 0 fully saturated rings. The Morgan fingerprint density at radius 3 is 2.68 bits per heavy atom. The van der Waals surface area contributed by atoms with Crippen LogP contribution < -0.4 is 9.47 Å². The van der Waals surface area contributed by atoms with Crippen LogP contribution in [0.4, 0.5) is 5.69 Å². The summed E-state index contributed by atoms with van der Waals surface area (Å²) in [7, 11) is 2.61. The van der Waals surface area contributed by atoms with Crippen LogP contribution in [0.15, 0.2) is 30.5 Å². The lowest BCUT2D eigenvalue weighted by atomic mass is 10.2. The van der Waals surface area contributed by atoms with E-state index >= 15 is 0 Å². The Balaban J connectivity index is 2.42. The molecule has 1 aromatic heterocycles. The fraction of sp³-hybridized carbons (Fsp3) is 0.154. The average Bonchev–Trinajstić information content (AvgIpc) is 2.54. The highest BCUT2D eigenvalue weighted by Gasteiger charge is 2.20. The highest BCUT2D eigenvalue weighted by molar-refractivity contribution is 5.90. The molecule has 1 aromatic carbocycles. The van der Waals surface area contributed by atoms with Gasteiger partial charge in [-0.2, -0.15) is 4.98 Å². The molecule has 2 aromatic rings. The molecule has 0 aliphatic rings. The van der Waals surface area contributed by atoms with Crippen LogP contribution in [0.3, 0.4) is 0 Å². The number of benzene rings is 1. The van der Waals surface area contributed by atoms with Gasteiger partial charge < -0.3 is 14.2 Å². The molecule has 22 heavy (non-hydrogen) atoms. The van der Waals surface area contributed by atoms with Gasteiger partial charge in [-0.1, -0.05) is 0 Å². The van der Waals surface area contributed by atoms with Crippen molar-refractivity contribution in [3.63, 3.8) is 0 Å². The second-order valence-corrected chi connectivity index (χ2v) is 3.91. The molecule has 0 unspecified atom stereocenters. The molecule has 9 heteroatoms.